The van der Waals surface area contributed by atoms with Crippen LogP contribution in [0, 0.1) is 6.92 Å². The number of anilines is 2. The van der Waals surface area contributed by atoms with Crippen molar-refractivity contribution in [3.63, 3.8) is 0 Å². The minimum absolute atomic E-state index is 0.232. The van der Waals surface area contributed by atoms with Crippen molar-refractivity contribution in [3.05, 3.63) is 54.1 Å². The highest BCUT2D eigenvalue weighted by Gasteiger charge is 2.41. The predicted octanol–water partition coefficient (Wildman–Crippen LogP) is 3.27. The van der Waals surface area contributed by atoms with Crippen molar-refractivity contribution in [1.29, 1.82) is 0 Å². The molecule has 0 fully saturated rings. The van der Waals surface area contributed by atoms with E-state index in [2.05, 4.69) is 0 Å². The quantitative estimate of drug-likeness (QED) is 0.209. The maximum Gasteiger partial charge on any atom is 0.338 e. The van der Waals surface area contributed by atoms with Gasteiger partial charge in [-0.05, 0) is 68.5 Å². The number of rotatable bonds is 13. The van der Waals surface area contributed by atoms with E-state index in [1.807, 2.05) is 67.3 Å². The molecule has 3 rings (SSSR count). The standard InChI is InChI=1S/C26H34N4O7S2/c1-20-19-23(29(15-7-9-17-38(32,33)34)16-8-10-18-39(35,36)37)13-14-24(20)27-25-21(2)28(3)30(26(25)31)22-11-5-4-6-12-22/h4-6,11-14,19H,7-10,15-18H2,1-3H3,(H-,32,33,34,35,36,37)/p+1. The molecular weight excluding hydrogens is 544 g/mol. The van der Waals surface area contributed by atoms with Crippen molar-refractivity contribution in [3.8, 4) is 0 Å². The molecule has 11 nitrogen and oxygen atoms in total. The Morgan fingerprint density at radius 1 is 0.872 bits per heavy atom. The molecule has 212 valence electrons. The highest BCUT2D eigenvalue weighted by molar-refractivity contribution is 7.86. The number of unbranched alkanes of at least 4 members (excludes halogenated alkanes) is 2. The van der Waals surface area contributed by atoms with Crippen molar-refractivity contribution in [2.75, 3.05) is 41.6 Å². The van der Waals surface area contributed by atoms with Gasteiger partial charge < -0.3 is 4.90 Å². The molecule has 1 aliphatic rings. The van der Waals surface area contributed by atoms with E-state index in [-0.39, 0.29) is 30.3 Å². The summed E-state index contributed by atoms with van der Waals surface area (Å²) in [6, 6.07) is 14.9. The van der Waals surface area contributed by atoms with E-state index in [0.717, 1.165) is 16.9 Å². The molecular formula is C26H35N4O7S2+. The lowest BCUT2D eigenvalue weighted by Gasteiger charge is -2.25. The molecule has 0 saturated heterocycles. The SMILES string of the molecule is CC1=[N+](C)N(c2ccccc2)C(=O)C1=Nc1ccc(N(CCCCS(=O)(=O)O)CCCCS(=O)(=O)O)cc1C. The smallest absolute Gasteiger partial charge is 0.338 e. The van der Waals surface area contributed by atoms with Gasteiger partial charge in [-0.3, -0.25) is 13.9 Å². The first-order chi connectivity index (χ1) is 18.3. The van der Waals surface area contributed by atoms with Crippen molar-refractivity contribution < 1.29 is 35.4 Å². The monoisotopic (exact) mass is 579 g/mol. The van der Waals surface area contributed by atoms with Crippen LogP contribution in [0.2, 0.25) is 0 Å². The molecule has 0 atom stereocenters. The third kappa shape index (κ3) is 8.68. The number of aliphatic imine (C=N–C) groups is 1. The molecule has 0 aliphatic carbocycles. The van der Waals surface area contributed by atoms with Crippen LogP contribution >= 0.6 is 0 Å². The van der Waals surface area contributed by atoms with Gasteiger partial charge in [-0.25, -0.2) is 4.99 Å². The number of amides is 1. The van der Waals surface area contributed by atoms with E-state index in [0.29, 0.717) is 43.0 Å². The van der Waals surface area contributed by atoms with Crippen LogP contribution in [-0.2, 0) is 25.0 Å². The van der Waals surface area contributed by atoms with Gasteiger partial charge in [0.25, 0.3) is 20.2 Å². The minimum Gasteiger partial charge on any atom is -0.372 e. The lowest BCUT2D eigenvalue weighted by Crippen LogP contribution is -2.34. The van der Waals surface area contributed by atoms with Gasteiger partial charge in [-0.15, -0.1) is 4.68 Å². The lowest BCUT2D eigenvalue weighted by atomic mass is 10.1. The van der Waals surface area contributed by atoms with Gasteiger partial charge in [0.05, 0.1) is 17.2 Å². The molecule has 13 heteroatoms. The maximum atomic E-state index is 13.3. The van der Waals surface area contributed by atoms with Crippen LogP contribution in [-0.4, -0.2) is 79.6 Å². The summed E-state index contributed by atoms with van der Waals surface area (Å²) in [5, 5.41) is 1.57. The summed E-state index contributed by atoms with van der Waals surface area (Å²) in [5.74, 6) is -0.904. The number of hydrazone groups is 1. The second-order valence-corrected chi connectivity index (χ2v) is 12.6. The molecule has 2 aromatic carbocycles. The lowest BCUT2D eigenvalue weighted by molar-refractivity contribution is -0.495. The van der Waals surface area contributed by atoms with E-state index >= 15 is 0 Å². The van der Waals surface area contributed by atoms with Gasteiger partial charge in [-0.2, -0.15) is 16.8 Å². The summed E-state index contributed by atoms with van der Waals surface area (Å²) in [7, 11) is -6.29. The number of hydrogen-bond donors (Lipinski definition) is 2. The van der Waals surface area contributed by atoms with Gasteiger partial charge in [0.1, 0.15) is 5.69 Å². The normalized spacial score (nSPS) is 15.5. The third-order valence-electron chi connectivity index (χ3n) is 6.46. The number of hydrogen-bond acceptors (Lipinski definition) is 7. The first-order valence-electron chi connectivity index (χ1n) is 12.6. The van der Waals surface area contributed by atoms with Gasteiger partial charge in [0.15, 0.2) is 7.05 Å². The molecule has 2 aromatic rings. The van der Waals surface area contributed by atoms with E-state index in [1.54, 1.807) is 16.7 Å². The van der Waals surface area contributed by atoms with Crippen LogP contribution in [0.4, 0.5) is 17.1 Å². The molecule has 0 saturated carbocycles. The van der Waals surface area contributed by atoms with Gasteiger partial charge in [0, 0.05) is 25.7 Å². The van der Waals surface area contributed by atoms with Crippen LogP contribution < -0.4 is 9.91 Å². The van der Waals surface area contributed by atoms with Crippen LogP contribution in [0.3, 0.4) is 0 Å². The number of benzene rings is 2. The second-order valence-electron chi connectivity index (χ2n) is 9.47. The highest BCUT2D eigenvalue weighted by atomic mass is 32.2. The number of carbonyl (C=O) groups is 1. The van der Waals surface area contributed by atoms with E-state index < -0.39 is 20.2 Å². The fourth-order valence-corrected chi connectivity index (χ4v) is 5.45. The summed E-state index contributed by atoms with van der Waals surface area (Å²) in [5.41, 5.74) is 4.07. The minimum atomic E-state index is -4.05. The fraction of sp³-hybridized carbons (Fsp3) is 0.423. The Labute approximate surface area is 230 Å². The summed E-state index contributed by atoms with van der Waals surface area (Å²) < 4.78 is 64.0. The largest absolute Gasteiger partial charge is 0.372 e. The molecule has 2 N–H and O–H groups in total. The Kier molecular flexibility index (Phi) is 9.99. The van der Waals surface area contributed by atoms with Crippen molar-refractivity contribution in [2.45, 2.75) is 39.5 Å². The Hall–Kier alpha value is -3.13. The van der Waals surface area contributed by atoms with Crippen LogP contribution in [0.15, 0.2) is 53.5 Å². The number of carbonyl (C=O) groups excluding carboxylic acids is 1. The van der Waals surface area contributed by atoms with Gasteiger partial charge in [0.2, 0.25) is 11.4 Å². The summed E-state index contributed by atoms with van der Waals surface area (Å²) in [4.78, 5) is 19.9. The molecule has 1 heterocycles. The zero-order valence-electron chi connectivity index (χ0n) is 22.3. The number of aryl methyl sites for hydroxylation is 1. The highest BCUT2D eigenvalue weighted by Crippen LogP contribution is 2.27. The first kappa shape index (κ1) is 30.4. The Balaban J connectivity index is 1.80. The van der Waals surface area contributed by atoms with E-state index in [9.17, 15) is 21.6 Å². The summed E-state index contributed by atoms with van der Waals surface area (Å²) >= 11 is 0. The molecule has 1 amide bonds. The number of para-hydroxylation sites is 1. The zero-order chi connectivity index (χ0) is 28.8. The van der Waals surface area contributed by atoms with Crippen molar-refractivity contribution in [2.24, 2.45) is 4.99 Å². The summed E-state index contributed by atoms with van der Waals surface area (Å²) in [6.07, 6.45) is 1.53. The fourth-order valence-electron chi connectivity index (χ4n) is 4.31. The molecule has 0 aromatic heterocycles. The Morgan fingerprint density at radius 2 is 1.44 bits per heavy atom. The summed E-state index contributed by atoms with van der Waals surface area (Å²) in [6.45, 7) is 4.68. The topological polar surface area (TPSA) is 148 Å². The molecule has 0 unspecified atom stereocenters. The Bertz CT molecular complexity index is 1430. The Morgan fingerprint density at radius 3 is 1.95 bits per heavy atom. The van der Waals surface area contributed by atoms with Crippen LogP contribution in [0.25, 0.3) is 0 Å². The number of hydrazine groups is 1. The third-order valence-corrected chi connectivity index (χ3v) is 8.07. The van der Waals surface area contributed by atoms with Gasteiger partial charge in [-0.1, -0.05) is 23.2 Å². The van der Waals surface area contributed by atoms with Crippen molar-refractivity contribution in [1.82, 2.24) is 0 Å². The average Bonchev–Trinajstić information content (AvgIpc) is 3.06. The molecule has 0 spiro atoms. The number of nitrogens with zero attached hydrogens (tertiary/aromatic N) is 4. The van der Waals surface area contributed by atoms with Crippen molar-refractivity contribution >= 4 is 54.6 Å². The first-order valence-corrected chi connectivity index (χ1v) is 15.8. The average molecular weight is 580 g/mol. The zero-order valence-corrected chi connectivity index (χ0v) is 23.9. The van der Waals surface area contributed by atoms with E-state index in [4.69, 9.17) is 14.1 Å². The predicted molar refractivity (Wildman–Crippen MR) is 153 cm³/mol. The molecule has 0 bridgehead atoms. The second kappa shape index (κ2) is 12.8. The van der Waals surface area contributed by atoms with Crippen LogP contribution in [0.1, 0.15) is 38.2 Å². The molecule has 39 heavy (non-hydrogen) atoms. The van der Waals surface area contributed by atoms with Gasteiger partial charge >= 0.3 is 5.91 Å². The van der Waals surface area contributed by atoms with E-state index in [1.165, 1.54) is 0 Å². The maximum absolute atomic E-state index is 13.3. The molecule has 1 aliphatic heterocycles. The van der Waals surface area contributed by atoms with Crippen LogP contribution in [0.5, 0.6) is 0 Å². The molecule has 0 radical (unpaired) electrons.